The summed E-state index contributed by atoms with van der Waals surface area (Å²) in [4.78, 5) is 19.9. The van der Waals surface area contributed by atoms with Crippen molar-refractivity contribution in [1.82, 2.24) is 0 Å². The molecule has 0 fully saturated rings. The van der Waals surface area contributed by atoms with Crippen molar-refractivity contribution in [3.05, 3.63) is 0 Å². The van der Waals surface area contributed by atoms with E-state index in [-0.39, 0.29) is 29.9 Å². The van der Waals surface area contributed by atoms with E-state index < -0.39 is 18.0 Å². The van der Waals surface area contributed by atoms with Crippen LogP contribution in [0.5, 0.6) is 0 Å². The van der Waals surface area contributed by atoms with Crippen molar-refractivity contribution in [1.29, 1.82) is 0 Å². The first kappa shape index (κ1) is 13.0. The largest absolute Gasteiger partial charge is 0.481 e. The normalized spacial score (nSPS) is 11.4. The van der Waals surface area contributed by atoms with E-state index in [4.69, 9.17) is 15.9 Å². The molecule has 0 aromatic heterocycles. The molecule has 1 atom stereocenters. The summed E-state index contributed by atoms with van der Waals surface area (Å²) in [5, 5.41) is 16.3. The Kier molecular flexibility index (Phi) is 7.29. The van der Waals surface area contributed by atoms with Gasteiger partial charge in [0.1, 0.15) is 6.04 Å². The number of aliphatic carboxylic acids is 2. The van der Waals surface area contributed by atoms with Gasteiger partial charge in [-0.1, -0.05) is 0 Å². The maximum Gasteiger partial charge on any atom is 0.320 e. The van der Waals surface area contributed by atoms with Crippen molar-refractivity contribution >= 4 is 11.9 Å². The zero-order valence-electron chi connectivity index (χ0n) is 5.58. The smallest absolute Gasteiger partial charge is 0.320 e. The molecule has 4 N–H and O–H groups in total. The van der Waals surface area contributed by atoms with Crippen LogP contribution in [-0.2, 0) is 26.7 Å². The minimum absolute atomic E-state index is 0. The van der Waals surface area contributed by atoms with E-state index in [1.54, 1.807) is 0 Å². The standard InChI is InChI=1S/C5H9NO4.Cu/c6-3(5(9)10)1-2-4(7)8;/h3H,1-2,6H2,(H,7,8)(H,9,10);. The topological polar surface area (TPSA) is 101 Å². The number of hydrogen-bond donors (Lipinski definition) is 3. The van der Waals surface area contributed by atoms with E-state index in [1.165, 1.54) is 0 Å². The minimum atomic E-state index is -1.17. The van der Waals surface area contributed by atoms with Gasteiger partial charge < -0.3 is 15.9 Å². The molecule has 1 unspecified atom stereocenters. The van der Waals surface area contributed by atoms with Crippen molar-refractivity contribution in [2.75, 3.05) is 0 Å². The van der Waals surface area contributed by atoms with Gasteiger partial charge in [0.15, 0.2) is 0 Å². The first-order valence-corrected chi connectivity index (χ1v) is 2.74. The first-order chi connectivity index (χ1) is 4.54. The molecule has 0 rings (SSSR count). The molecule has 0 aromatic rings. The van der Waals surface area contributed by atoms with Crippen LogP contribution < -0.4 is 5.73 Å². The summed E-state index contributed by atoms with van der Waals surface area (Å²) in [6.45, 7) is 0. The fourth-order valence-corrected chi connectivity index (χ4v) is 0.402. The summed E-state index contributed by atoms with van der Waals surface area (Å²) < 4.78 is 0. The molecule has 0 spiro atoms. The Balaban J connectivity index is 0. The Labute approximate surface area is 74.0 Å². The number of carboxylic acid groups (broad SMARTS) is 2. The van der Waals surface area contributed by atoms with Gasteiger partial charge in [-0.05, 0) is 6.42 Å². The van der Waals surface area contributed by atoms with Gasteiger partial charge >= 0.3 is 11.9 Å². The molecule has 0 saturated heterocycles. The molecule has 6 heteroatoms. The summed E-state index contributed by atoms with van der Waals surface area (Å²) in [5.74, 6) is -2.20. The van der Waals surface area contributed by atoms with Gasteiger partial charge in [-0.15, -0.1) is 0 Å². The number of nitrogens with two attached hydrogens (primary N) is 1. The average molecular weight is 211 g/mol. The Morgan fingerprint density at radius 2 is 1.82 bits per heavy atom. The monoisotopic (exact) mass is 210 g/mol. The first-order valence-electron chi connectivity index (χ1n) is 2.74. The molecule has 69 valence electrons. The number of rotatable bonds is 4. The number of carbonyl (C=O) groups is 2. The molecule has 0 aliphatic rings. The third-order valence-electron chi connectivity index (χ3n) is 0.986. The van der Waals surface area contributed by atoms with Crippen LogP contribution in [0.25, 0.3) is 0 Å². The van der Waals surface area contributed by atoms with E-state index >= 15 is 0 Å². The fraction of sp³-hybridized carbons (Fsp3) is 0.600. The second-order valence-electron chi connectivity index (χ2n) is 1.88. The molecule has 0 heterocycles. The fourth-order valence-electron chi connectivity index (χ4n) is 0.402. The molecule has 0 aromatic carbocycles. The summed E-state index contributed by atoms with van der Waals surface area (Å²) >= 11 is 0. The van der Waals surface area contributed by atoms with Crippen molar-refractivity contribution in [2.45, 2.75) is 18.9 Å². The summed E-state index contributed by atoms with van der Waals surface area (Å²) in [6.07, 6.45) is -0.224. The second-order valence-corrected chi connectivity index (χ2v) is 1.88. The van der Waals surface area contributed by atoms with Crippen LogP contribution in [0.15, 0.2) is 0 Å². The van der Waals surface area contributed by atoms with E-state index in [0.29, 0.717) is 0 Å². The van der Waals surface area contributed by atoms with Crippen molar-refractivity contribution in [3.63, 3.8) is 0 Å². The van der Waals surface area contributed by atoms with Crippen LogP contribution in [0, 0.1) is 0 Å². The quantitative estimate of drug-likeness (QED) is 0.531. The van der Waals surface area contributed by atoms with Gasteiger partial charge in [0.25, 0.3) is 0 Å². The van der Waals surface area contributed by atoms with Crippen LogP contribution in [-0.4, -0.2) is 28.2 Å². The van der Waals surface area contributed by atoms with Gasteiger partial charge in [-0.25, -0.2) is 0 Å². The predicted molar refractivity (Wildman–Crippen MR) is 32.5 cm³/mol. The van der Waals surface area contributed by atoms with Crippen molar-refractivity contribution < 1.29 is 36.9 Å². The molecular weight excluding hydrogens is 202 g/mol. The van der Waals surface area contributed by atoms with Crippen LogP contribution in [0.1, 0.15) is 12.8 Å². The predicted octanol–water partition coefficient (Wildman–Crippen LogP) is -0.739. The Morgan fingerprint density at radius 1 is 1.36 bits per heavy atom. The second kappa shape index (κ2) is 6.15. The van der Waals surface area contributed by atoms with Crippen LogP contribution in [0.3, 0.4) is 0 Å². The molecule has 0 aliphatic heterocycles. The molecule has 0 aliphatic carbocycles. The minimum Gasteiger partial charge on any atom is -0.481 e. The third-order valence-corrected chi connectivity index (χ3v) is 0.986. The van der Waals surface area contributed by atoms with Crippen LogP contribution >= 0.6 is 0 Å². The molecular formula is C5H9CuNO4. The van der Waals surface area contributed by atoms with Gasteiger partial charge in [0, 0.05) is 23.5 Å². The van der Waals surface area contributed by atoms with Gasteiger partial charge in [0.05, 0.1) is 0 Å². The molecule has 11 heavy (non-hydrogen) atoms. The van der Waals surface area contributed by atoms with Gasteiger partial charge in [-0.3, -0.25) is 9.59 Å². The third kappa shape index (κ3) is 7.31. The molecule has 0 saturated carbocycles. The van der Waals surface area contributed by atoms with Crippen LogP contribution in [0.2, 0.25) is 0 Å². The Hall–Kier alpha value is -0.581. The average Bonchev–Trinajstić information content (AvgIpc) is 1.82. The van der Waals surface area contributed by atoms with Gasteiger partial charge in [0.2, 0.25) is 0 Å². The summed E-state index contributed by atoms with van der Waals surface area (Å²) in [7, 11) is 0. The van der Waals surface area contributed by atoms with E-state index in [0.717, 1.165) is 0 Å². The maximum atomic E-state index is 9.99. The molecule has 0 amide bonds. The number of carboxylic acids is 2. The number of hydrogen-bond acceptors (Lipinski definition) is 3. The Bertz CT molecular complexity index is 149. The molecule has 5 nitrogen and oxygen atoms in total. The van der Waals surface area contributed by atoms with Crippen molar-refractivity contribution in [2.24, 2.45) is 5.73 Å². The van der Waals surface area contributed by atoms with Gasteiger partial charge in [-0.2, -0.15) is 0 Å². The molecule has 1 radical (unpaired) electrons. The maximum absolute atomic E-state index is 9.99. The summed E-state index contributed by atoms with van der Waals surface area (Å²) in [5.41, 5.74) is 5.00. The zero-order valence-corrected chi connectivity index (χ0v) is 6.52. The SMILES string of the molecule is NC(CCC(=O)O)C(=O)O.[Cu]. The van der Waals surface area contributed by atoms with Crippen LogP contribution in [0.4, 0.5) is 0 Å². The zero-order chi connectivity index (χ0) is 8.15. The van der Waals surface area contributed by atoms with E-state index in [9.17, 15) is 9.59 Å². The Morgan fingerprint density at radius 3 is 2.09 bits per heavy atom. The van der Waals surface area contributed by atoms with E-state index in [1.807, 2.05) is 0 Å². The molecule has 0 bridgehead atoms. The van der Waals surface area contributed by atoms with Crippen molar-refractivity contribution in [3.8, 4) is 0 Å². The van der Waals surface area contributed by atoms with E-state index in [2.05, 4.69) is 0 Å². The summed E-state index contributed by atoms with van der Waals surface area (Å²) in [6, 6.07) is -1.06.